The van der Waals surface area contributed by atoms with Crippen molar-refractivity contribution in [3.8, 4) is 10.8 Å². The number of rotatable bonds is 9. The average Bonchev–Trinajstić information content (AvgIpc) is 3.43. The summed E-state index contributed by atoms with van der Waals surface area (Å²) in [4.78, 5) is 12.6. The quantitative estimate of drug-likeness (QED) is 0.402. The van der Waals surface area contributed by atoms with Gasteiger partial charge in [0.25, 0.3) is 0 Å². The Morgan fingerprint density at radius 2 is 2.41 bits per heavy atom. The molecule has 1 aliphatic rings. The van der Waals surface area contributed by atoms with Crippen LogP contribution < -0.4 is 5.32 Å². The smallest absolute Gasteiger partial charge is 0.236 e. The Kier molecular flexibility index (Phi) is 7.67. The van der Waals surface area contributed by atoms with Crippen LogP contribution in [0, 0.1) is 5.92 Å². The summed E-state index contributed by atoms with van der Waals surface area (Å²) in [6, 6.07) is 4.00. The Labute approximate surface area is 164 Å². The van der Waals surface area contributed by atoms with Gasteiger partial charge in [-0.2, -0.15) is 0 Å². The molecule has 0 radical (unpaired) electrons. The third kappa shape index (κ3) is 5.79. The van der Waals surface area contributed by atoms with E-state index in [1.165, 1.54) is 0 Å². The first kappa shape index (κ1) is 19.9. The van der Waals surface area contributed by atoms with Crippen molar-refractivity contribution in [3.63, 3.8) is 0 Å². The molecule has 1 atom stereocenters. The summed E-state index contributed by atoms with van der Waals surface area (Å²) in [6.07, 6.45) is 2.81. The zero-order valence-electron chi connectivity index (χ0n) is 16.0. The molecule has 1 unspecified atom stereocenters. The number of aromatic nitrogens is 1. The van der Waals surface area contributed by atoms with Crippen LogP contribution in [0.2, 0.25) is 0 Å². The number of likely N-dealkylation sites (tertiary alicyclic amines) is 1. The van der Waals surface area contributed by atoms with Gasteiger partial charge in [0.05, 0.1) is 31.2 Å². The van der Waals surface area contributed by atoms with Crippen LogP contribution in [0.5, 0.6) is 0 Å². The van der Waals surface area contributed by atoms with Crippen molar-refractivity contribution in [2.24, 2.45) is 10.9 Å². The van der Waals surface area contributed by atoms with Crippen molar-refractivity contribution in [1.82, 2.24) is 15.2 Å². The van der Waals surface area contributed by atoms with Crippen molar-refractivity contribution in [2.45, 2.75) is 19.9 Å². The topological polar surface area (TPSA) is 72.1 Å². The minimum atomic E-state index is 0.503. The van der Waals surface area contributed by atoms with Gasteiger partial charge in [-0.3, -0.25) is 0 Å². The predicted octanol–water partition coefficient (Wildman–Crippen LogP) is 2.85. The van der Waals surface area contributed by atoms with E-state index in [9.17, 15) is 0 Å². The molecule has 0 saturated carbocycles. The molecule has 2 aromatic rings. The summed E-state index contributed by atoms with van der Waals surface area (Å²) in [5, 5.41) is 5.40. The maximum absolute atomic E-state index is 5.68. The van der Waals surface area contributed by atoms with Gasteiger partial charge in [0.2, 0.25) is 5.89 Å². The summed E-state index contributed by atoms with van der Waals surface area (Å²) in [5.41, 5.74) is 0.840. The van der Waals surface area contributed by atoms with Crippen LogP contribution in [0.1, 0.15) is 19.0 Å². The number of hydrogen-bond donors (Lipinski definition) is 1. The van der Waals surface area contributed by atoms with Gasteiger partial charge in [-0.25, -0.2) is 9.98 Å². The van der Waals surface area contributed by atoms with Crippen LogP contribution >= 0.6 is 11.3 Å². The Hall–Kier alpha value is -1.90. The second-order valence-electron chi connectivity index (χ2n) is 6.46. The number of aliphatic imine (C=N–C) groups is 1. The van der Waals surface area contributed by atoms with Crippen LogP contribution in [0.4, 0.5) is 0 Å². The molecule has 0 aliphatic carbocycles. The van der Waals surface area contributed by atoms with E-state index in [0.717, 1.165) is 49.2 Å². The molecular weight excluding hydrogens is 364 g/mol. The highest BCUT2D eigenvalue weighted by molar-refractivity contribution is 7.13. The van der Waals surface area contributed by atoms with E-state index < -0.39 is 0 Å². The largest absolute Gasteiger partial charge is 0.443 e. The molecule has 0 amide bonds. The fourth-order valence-electron chi connectivity index (χ4n) is 3.03. The second kappa shape index (κ2) is 10.4. The van der Waals surface area contributed by atoms with Crippen molar-refractivity contribution in [3.05, 3.63) is 29.5 Å². The Morgan fingerprint density at radius 3 is 3.19 bits per heavy atom. The Bertz CT molecular complexity index is 702. The maximum Gasteiger partial charge on any atom is 0.236 e. The fraction of sp³-hybridized carbons (Fsp3) is 0.579. The highest BCUT2D eigenvalue weighted by Gasteiger charge is 2.25. The normalized spacial score (nSPS) is 17.6. The van der Waals surface area contributed by atoms with Crippen LogP contribution in [0.25, 0.3) is 10.8 Å². The molecular formula is C19H28N4O3S. The van der Waals surface area contributed by atoms with E-state index in [0.29, 0.717) is 31.6 Å². The van der Waals surface area contributed by atoms with Crippen LogP contribution in [0.15, 0.2) is 33.2 Å². The SMILES string of the molecule is CCNC(=NCc1coc(-c2cccs2)n1)N1CCC(COCCOC)C1. The lowest BCUT2D eigenvalue weighted by molar-refractivity contribution is 0.0536. The number of hydrogen-bond acceptors (Lipinski definition) is 6. The second-order valence-corrected chi connectivity index (χ2v) is 7.41. The van der Waals surface area contributed by atoms with Crippen LogP contribution in [0.3, 0.4) is 0 Å². The number of methoxy groups -OCH3 is 1. The number of nitrogens with one attached hydrogen (secondary N) is 1. The molecule has 2 aromatic heterocycles. The van der Waals surface area contributed by atoms with E-state index in [4.69, 9.17) is 18.9 Å². The number of ether oxygens (including phenoxy) is 2. The predicted molar refractivity (Wildman–Crippen MR) is 107 cm³/mol. The molecule has 8 heteroatoms. The van der Waals surface area contributed by atoms with Gasteiger partial charge >= 0.3 is 0 Å². The first-order valence-electron chi connectivity index (χ1n) is 9.38. The molecule has 1 saturated heterocycles. The summed E-state index contributed by atoms with van der Waals surface area (Å²) >= 11 is 1.62. The summed E-state index contributed by atoms with van der Waals surface area (Å²) in [6.45, 7) is 7.44. The van der Waals surface area contributed by atoms with Gasteiger partial charge in [-0.1, -0.05) is 6.07 Å². The lowest BCUT2D eigenvalue weighted by Gasteiger charge is -2.21. The highest BCUT2D eigenvalue weighted by atomic mass is 32.1. The Morgan fingerprint density at radius 1 is 1.48 bits per heavy atom. The van der Waals surface area contributed by atoms with Gasteiger partial charge in [0, 0.05) is 32.7 Å². The third-order valence-corrected chi connectivity index (χ3v) is 5.24. The third-order valence-electron chi connectivity index (χ3n) is 4.38. The van der Waals surface area contributed by atoms with Gasteiger partial charge < -0.3 is 24.1 Å². The first-order valence-corrected chi connectivity index (χ1v) is 10.3. The minimum Gasteiger partial charge on any atom is -0.443 e. The molecule has 0 bridgehead atoms. The van der Waals surface area contributed by atoms with Crippen molar-refractivity contribution in [1.29, 1.82) is 0 Å². The van der Waals surface area contributed by atoms with Crippen molar-refractivity contribution >= 4 is 17.3 Å². The number of thiophene rings is 1. The number of oxazole rings is 1. The lowest BCUT2D eigenvalue weighted by Crippen LogP contribution is -2.40. The minimum absolute atomic E-state index is 0.503. The lowest BCUT2D eigenvalue weighted by atomic mass is 10.1. The number of guanidine groups is 1. The van der Waals surface area contributed by atoms with Crippen molar-refractivity contribution < 1.29 is 13.9 Å². The molecule has 1 aliphatic heterocycles. The molecule has 1 N–H and O–H groups in total. The monoisotopic (exact) mass is 392 g/mol. The van der Waals surface area contributed by atoms with Gasteiger partial charge in [-0.15, -0.1) is 11.3 Å². The summed E-state index contributed by atoms with van der Waals surface area (Å²) in [5.74, 6) is 2.12. The van der Waals surface area contributed by atoms with Crippen molar-refractivity contribution in [2.75, 3.05) is 46.6 Å². The molecule has 148 valence electrons. The molecule has 7 nitrogen and oxygen atoms in total. The van der Waals surface area contributed by atoms with E-state index in [1.807, 2.05) is 17.5 Å². The summed E-state index contributed by atoms with van der Waals surface area (Å²) < 4.78 is 16.3. The van der Waals surface area contributed by atoms with Crippen LogP contribution in [-0.2, 0) is 16.0 Å². The van der Waals surface area contributed by atoms with E-state index >= 15 is 0 Å². The molecule has 1 fully saturated rings. The average molecular weight is 393 g/mol. The maximum atomic E-state index is 5.68. The fourth-order valence-corrected chi connectivity index (χ4v) is 3.68. The molecule has 0 spiro atoms. The standard InChI is InChI=1S/C19H28N4O3S/c1-3-20-19(23-7-6-15(12-23)13-25-9-8-24-2)21-11-16-14-26-18(22-16)17-5-4-10-27-17/h4-5,10,14-15H,3,6-9,11-13H2,1-2H3,(H,20,21). The van der Waals surface area contributed by atoms with Gasteiger partial charge in [0.15, 0.2) is 5.96 Å². The van der Waals surface area contributed by atoms with E-state index in [1.54, 1.807) is 24.7 Å². The number of nitrogens with zero attached hydrogens (tertiary/aromatic N) is 3. The van der Waals surface area contributed by atoms with Gasteiger partial charge in [-0.05, 0) is 24.8 Å². The summed E-state index contributed by atoms with van der Waals surface area (Å²) in [7, 11) is 1.69. The van der Waals surface area contributed by atoms with Crippen LogP contribution in [-0.4, -0.2) is 62.4 Å². The van der Waals surface area contributed by atoms with E-state index in [2.05, 4.69) is 22.1 Å². The molecule has 27 heavy (non-hydrogen) atoms. The molecule has 3 rings (SSSR count). The highest BCUT2D eigenvalue weighted by Crippen LogP contribution is 2.24. The van der Waals surface area contributed by atoms with Gasteiger partial charge in [0.1, 0.15) is 12.0 Å². The van der Waals surface area contributed by atoms with E-state index in [-0.39, 0.29) is 0 Å². The Balaban J connectivity index is 1.54. The molecule has 0 aromatic carbocycles. The first-order chi connectivity index (χ1) is 13.3. The molecule has 3 heterocycles. The zero-order chi connectivity index (χ0) is 18.9. The zero-order valence-corrected chi connectivity index (χ0v) is 16.8.